The number of hydrogen-bond donors (Lipinski definition) is 0. The zero-order valence-electron chi connectivity index (χ0n) is 39.3. The number of fused-ring (bicyclic) bond motifs is 11. The van der Waals surface area contributed by atoms with Crippen LogP contribution in [0.2, 0.25) is 0 Å². The van der Waals surface area contributed by atoms with Gasteiger partial charge in [-0.1, -0.05) is 206 Å². The van der Waals surface area contributed by atoms with Gasteiger partial charge in [0.25, 0.3) is 0 Å². The highest BCUT2D eigenvalue weighted by molar-refractivity contribution is 6.24. The van der Waals surface area contributed by atoms with Crippen LogP contribution in [0, 0.1) is 0 Å². The van der Waals surface area contributed by atoms with Gasteiger partial charge in [-0.2, -0.15) is 9.97 Å². The van der Waals surface area contributed by atoms with Gasteiger partial charge in [0.05, 0.1) is 22.1 Å². The minimum absolute atomic E-state index is 0.526. The summed E-state index contributed by atoms with van der Waals surface area (Å²) in [4.78, 5) is 16.4. The Morgan fingerprint density at radius 3 is 1.45 bits per heavy atom. The highest BCUT2D eigenvalue weighted by Crippen LogP contribution is 2.45. The van der Waals surface area contributed by atoms with Crippen molar-refractivity contribution in [3.63, 3.8) is 0 Å². The zero-order valence-corrected chi connectivity index (χ0v) is 39.3. The topological polar surface area (TPSA) is 61.7 Å². The van der Waals surface area contributed by atoms with Gasteiger partial charge in [-0.15, -0.1) is 0 Å². The van der Waals surface area contributed by atoms with Crippen LogP contribution in [0.15, 0.2) is 253 Å². The first kappa shape index (κ1) is 40.9. The molecule has 0 atom stereocenters. The predicted molar refractivity (Wildman–Crippen MR) is 300 cm³/mol. The summed E-state index contributed by atoms with van der Waals surface area (Å²) in [5.41, 5.74) is 15.2. The molecule has 0 N–H and O–H groups in total. The van der Waals surface area contributed by atoms with Crippen molar-refractivity contribution in [1.29, 1.82) is 0 Å². The molecule has 0 saturated heterocycles. The number of aromatic nitrogens is 5. The van der Waals surface area contributed by atoms with E-state index in [1.165, 1.54) is 10.8 Å². The van der Waals surface area contributed by atoms with Crippen LogP contribution in [0.5, 0.6) is 0 Å². The number of benzene rings is 11. The van der Waals surface area contributed by atoms with E-state index in [9.17, 15) is 0 Å². The van der Waals surface area contributed by atoms with Crippen molar-refractivity contribution in [2.75, 3.05) is 0 Å². The van der Waals surface area contributed by atoms with Crippen LogP contribution in [0.4, 0.5) is 0 Å². The highest BCUT2D eigenvalue weighted by Gasteiger charge is 2.25. The predicted octanol–water partition coefficient (Wildman–Crippen LogP) is 17.5. The second-order valence-electron chi connectivity index (χ2n) is 18.7. The molecule has 15 rings (SSSR count). The normalized spacial score (nSPS) is 11.8. The first-order chi connectivity index (χ1) is 36.2. The summed E-state index contributed by atoms with van der Waals surface area (Å²) in [7, 11) is 0. The maximum atomic E-state index is 6.85. The van der Waals surface area contributed by atoms with Crippen LogP contribution in [0.25, 0.3) is 144 Å². The van der Waals surface area contributed by atoms with Gasteiger partial charge in [0.2, 0.25) is 5.95 Å². The summed E-state index contributed by atoms with van der Waals surface area (Å²) in [6.45, 7) is 0. The van der Waals surface area contributed by atoms with Crippen LogP contribution in [-0.2, 0) is 0 Å². The Morgan fingerprint density at radius 2 is 0.795 bits per heavy atom. The van der Waals surface area contributed by atoms with Gasteiger partial charge in [-0.3, -0.25) is 4.57 Å². The molecule has 4 heterocycles. The Bertz CT molecular complexity index is 4570. The van der Waals surface area contributed by atoms with Gasteiger partial charge in [0, 0.05) is 54.7 Å². The first-order valence-corrected chi connectivity index (χ1v) is 24.7. The molecule has 11 aromatic carbocycles. The van der Waals surface area contributed by atoms with Gasteiger partial charge in [0.1, 0.15) is 11.2 Å². The Labute approximate surface area is 419 Å². The van der Waals surface area contributed by atoms with Gasteiger partial charge >= 0.3 is 0 Å². The van der Waals surface area contributed by atoms with Crippen molar-refractivity contribution in [3.8, 4) is 67.8 Å². The average Bonchev–Trinajstić information content (AvgIpc) is 4.13. The largest absolute Gasteiger partial charge is 0.455 e. The molecule has 0 spiro atoms. The van der Waals surface area contributed by atoms with Crippen molar-refractivity contribution < 1.29 is 4.42 Å². The highest BCUT2D eigenvalue weighted by atomic mass is 16.3. The molecule has 0 unspecified atom stereocenters. The molecule has 0 aliphatic heterocycles. The summed E-state index contributed by atoms with van der Waals surface area (Å²) in [6, 6.07) is 88.1. The number of nitrogens with zero attached hydrogens (tertiary/aromatic N) is 5. The molecule has 0 saturated carbocycles. The third-order valence-corrected chi connectivity index (χ3v) is 14.5. The smallest absolute Gasteiger partial charge is 0.238 e. The van der Waals surface area contributed by atoms with Crippen LogP contribution < -0.4 is 0 Å². The molecule has 0 amide bonds. The quantitative estimate of drug-likeness (QED) is 0.160. The summed E-state index contributed by atoms with van der Waals surface area (Å²) in [6.07, 6.45) is 0. The molecule has 6 heteroatoms. The lowest BCUT2D eigenvalue weighted by Gasteiger charge is -2.15. The summed E-state index contributed by atoms with van der Waals surface area (Å²) in [5, 5.41) is 8.92. The van der Waals surface area contributed by atoms with E-state index in [2.05, 4.69) is 240 Å². The van der Waals surface area contributed by atoms with E-state index in [-0.39, 0.29) is 0 Å². The third-order valence-electron chi connectivity index (χ3n) is 14.5. The maximum absolute atomic E-state index is 6.85. The van der Waals surface area contributed by atoms with Gasteiger partial charge in [-0.05, 0) is 81.1 Å². The van der Waals surface area contributed by atoms with E-state index in [4.69, 9.17) is 19.4 Å². The van der Waals surface area contributed by atoms with Gasteiger partial charge in [0.15, 0.2) is 11.6 Å². The summed E-state index contributed by atoms with van der Waals surface area (Å²) < 4.78 is 11.6. The van der Waals surface area contributed by atoms with E-state index in [0.717, 1.165) is 116 Å². The second-order valence-corrected chi connectivity index (χ2v) is 18.7. The maximum Gasteiger partial charge on any atom is 0.238 e. The SMILES string of the molecule is c1ccc(-c2cccc(-c3nc(-c4cccc(-c5ccccc5)c4)nc(-n4c5ccccc5c5ccc6c7ccccc7n(-c7cc(-c8cccc9ccccc89)c8oc9ccccc9c8c7)c6c54)n3)c2)cc1. The minimum atomic E-state index is 0.526. The fourth-order valence-corrected chi connectivity index (χ4v) is 11.2. The van der Waals surface area contributed by atoms with Crippen LogP contribution in [-0.4, -0.2) is 24.1 Å². The van der Waals surface area contributed by atoms with E-state index in [1.807, 2.05) is 18.2 Å². The first-order valence-electron chi connectivity index (χ1n) is 24.7. The van der Waals surface area contributed by atoms with Gasteiger partial charge < -0.3 is 8.98 Å². The summed E-state index contributed by atoms with van der Waals surface area (Å²) in [5.74, 6) is 1.69. The molecule has 4 aromatic heterocycles. The Morgan fingerprint density at radius 1 is 0.301 bits per heavy atom. The molecule has 15 aromatic rings. The molecule has 0 aliphatic rings. The van der Waals surface area contributed by atoms with Crippen molar-refractivity contribution in [3.05, 3.63) is 249 Å². The lowest BCUT2D eigenvalue weighted by Crippen LogP contribution is -2.07. The Kier molecular flexibility index (Phi) is 9.16. The number of hydrogen-bond acceptors (Lipinski definition) is 4. The van der Waals surface area contributed by atoms with E-state index in [1.54, 1.807) is 0 Å². The molecular weight excluding hydrogens is 891 g/mol. The summed E-state index contributed by atoms with van der Waals surface area (Å²) >= 11 is 0. The second kappa shape index (κ2) is 16.3. The van der Waals surface area contributed by atoms with Crippen molar-refractivity contribution >= 4 is 76.3 Å². The number of rotatable bonds is 7. The van der Waals surface area contributed by atoms with E-state index in [0.29, 0.717) is 17.6 Å². The zero-order chi connectivity index (χ0) is 48.0. The van der Waals surface area contributed by atoms with Crippen molar-refractivity contribution in [2.24, 2.45) is 0 Å². The lowest BCUT2D eigenvalue weighted by atomic mass is 9.96. The molecule has 6 nitrogen and oxygen atoms in total. The van der Waals surface area contributed by atoms with Crippen molar-refractivity contribution in [2.45, 2.75) is 0 Å². The standard InChI is InChI=1S/C67H41N5O/c1-3-18-42(19-4-1)45-24-15-26-47(38-45)65-68-66(48-27-16-25-46(39-48)43-20-5-2-6-21-43)70-67(69-65)72-60-34-13-10-30-53(60)56-37-36-55-52-29-9-12-33-59(52)71(62(55)63(56)72)49-40-57(51-32-17-23-44-22-7-8-28-50(44)51)64-58(41-49)54-31-11-14-35-61(54)73-64/h1-41H. The minimum Gasteiger partial charge on any atom is -0.455 e. The third kappa shape index (κ3) is 6.54. The number of furan rings is 1. The molecule has 340 valence electrons. The Hall–Kier alpha value is -9.91. The van der Waals surface area contributed by atoms with Crippen LogP contribution in [0.1, 0.15) is 0 Å². The molecular formula is C67H41N5O. The monoisotopic (exact) mass is 931 g/mol. The van der Waals surface area contributed by atoms with E-state index >= 15 is 0 Å². The van der Waals surface area contributed by atoms with Gasteiger partial charge in [-0.25, -0.2) is 4.98 Å². The molecule has 0 bridgehead atoms. The molecule has 0 radical (unpaired) electrons. The number of para-hydroxylation sites is 3. The molecule has 73 heavy (non-hydrogen) atoms. The fraction of sp³-hybridized carbons (Fsp3) is 0. The van der Waals surface area contributed by atoms with Crippen molar-refractivity contribution in [1.82, 2.24) is 24.1 Å². The Balaban J connectivity index is 1.06. The van der Waals surface area contributed by atoms with E-state index < -0.39 is 0 Å². The molecule has 0 aliphatic carbocycles. The average molecular weight is 932 g/mol. The lowest BCUT2D eigenvalue weighted by molar-refractivity contribution is 0.670. The van der Waals surface area contributed by atoms with Crippen LogP contribution >= 0.6 is 0 Å². The molecule has 0 fully saturated rings. The fourth-order valence-electron chi connectivity index (χ4n) is 11.2. The van der Waals surface area contributed by atoms with Crippen LogP contribution in [0.3, 0.4) is 0 Å².